The molecule has 0 aliphatic carbocycles. The molecule has 0 spiro atoms. The van der Waals surface area contributed by atoms with Gasteiger partial charge in [0, 0.05) is 23.9 Å². The molecule has 1 unspecified atom stereocenters. The van der Waals surface area contributed by atoms with Crippen LogP contribution >= 0.6 is 0 Å². The molecule has 0 aromatic carbocycles. The Morgan fingerprint density at radius 3 is 2.85 bits per heavy atom. The van der Waals surface area contributed by atoms with Crippen LogP contribution in [0, 0.1) is 5.95 Å². The summed E-state index contributed by atoms with van der Waals surface area (Å²) in [6.45, 7) is 1.95. The number of aromatic amines is 1. The van der Waals surface area contributed by atoms with Gasteiger partial charge in [-0.25, -0.2) is 4.98 Å². The molecule has 5 nitrogen and oxygen atoms in total. The zero-order valence-electron chi connectivity index (χ0n) is 10.9. The van der Waals surface area contributed by atoms with Crippen molar-refractivity contribution in [2.75, 3.05) is 4.90 Å². The van der Waals surface area contributed by atoms with E-state index in [9.17, 15) is 4.39 Å². The first kappa shape index (κ1) is 12.6. The summed E-state index contributed by atoms with van der Waals surface area (Å²) >= 11 is 0. The van der Waals surface area contributed by atoms with E-state index in [0.29, 0.717) is 5.56 Å². The molecule has 2 aromatic heterocycles. The largest absolute Gasteiger partial charge is 0.307 e. The van der Waals surface area contributed by atoms with E-state index in [1.165, 1.54) is 12.3 Å². The molecule has 2 aromatic rings. The van der Waals surface area contributed by atoms with Crippen LogP contribution in [0.4, 0.5) is 10.2 Å². The Labute approximate surface area is 115 Å². The van der Waals surface area contributed by atoms with Gasteiger partial charge in [0.15, 0.2) is 0 Å². The summed E-state index contributed by atoms with van der Waals surface area (Å²) in [6, 6.07) is 4.96. The summed E-state index contributed by atoms with van der Waals surface area (Å²) in [5.74, 6) is 0.237. The number of hydrogen-bond donors (Lipinski definition) is 2. The topological polar surface area (TPSA) is 70.8 Å². The number of nitrogens with two attached hydrogens (primary N) is 1. The molecule has 3 rings (SSSR count). The van der Waals surface area contributed by atoms with Crippen molar-refractivity contribution < 1.29 is 4.39 Å². The number of rotatable bonds is 2. The first-order chi connectivity index (χ1) is 9.66. The molecule has 102 valence electrons. The normalized spacial score (nSPS) is 18.8. The second kappa shape index (κ2) is 4.90. The summed E-state index contributed by atoms with van der Waals surface area (Å²) in [7, 11) is 0. The van der Waals surface area contributed by atoms with Crippen molar-refractivity contribution in [3.8, 4) is 0 Å². The monoisotopic (exact) mass is 271 g/mol. The van der Waals surface area contributed by atoms with Crippen LogP contribution in [-0.4, -0.2) is 21.3 Å². The number of pyridine rings is 1. The lowest BCUT2D eigenvalue weighted by Crippen LogP contribution is -2.43. The van der Waals surface area contributed by atoms with Gasteiger partial charge < -0.3 is 10.6 Å². The molecule has 6 heteroatoms. The van der Waals surface area contributed by atoms with Crippen molar-refractivity contribution in [1.29, 1.82) is 0 Å². The minimum atomic E-state index is -0.521. The van der Waals surface area contributed by atoms with Crippen molar-refractivity contribution in [2.45, 2.75) is 13.1 Å². The number of hydrogen-bond acceptors (Lipinski definition) is 4. The van der Waals surface area contributed by atoms with Crippen LogP contribution in [0.3, 0.4) is 0 Å². The third-order valence-electron chi connectivity index (χ3n) is 3.28. The van der Waals surface area contributed by atoms with E-state index in [4.69, 9.17) is 5.73 Å². The predicted molar refractivity (Wildman–Crippen MR) is 75.0 cm³/mol. The van der Waals surface area contributed by atoms with Crippen molar-refractivity contribution >= 4 is 11.5 Å². The molecule has 20 heavy (non-hydrogen) atoms. The van der Waals surface area contributed by atoms with Gasteiger partial charge in [-0.2, -0.15) is 9.49 Å². The van der Waals surface area contributed by atoms with Gasteiger partial charge in [-0.3, -0.25) is 5.10 Å². The van der Waals surface area contributed by atoms with Crippen LogP contribution in [-0.2, 0) is 0 Å². The lowest BCUT2D eigenvalue weighted by molar-refractivity contribution is 0.583. The third-order valence-corrected chi connectivity index (χ3v) is 3.28. The third kappa shape index (κ3) is 2.10. The molecule has 0 amide bonds. The van der Waals surface area contributed by atoms with Gasteiger partial charge in [0.1, 0.15) is 12.0 Å². The lowest BCUT2D eigenvalue weighted by Gasteiger charge is -2.34. The molecule has 1 aliphatic heterocycles. The number of halogens is 1. The Kier molecular flexibility index (Phi) is 3.08. The van der Waals surface area contributed by atoms with Crippen LogP contribution in [0.5, 0.6) is 0 Å². The van der Waals surface area contributed by atoms with E-state index in [2.05, 4.69) is 15.2 Å². The average Bonchev–Trinajstić information content (AvgIpc) is 2.95. The van der Waals surface area contributed by atoms with Crippen LogP contribution in [0.15, 0.2) is 48.3 Å². The number of anilines is 1. The number of allylic oxidation sites excluding steroid dienone is 2. The summed E-state index contributed by atoms with van der Waals surface area (Å²) < 4.78 is 13.3. The molecule has 0 fully saturated rings. The van der Waals surface area contributed by atoms with E-state index < -0.39 is 5.95 Å². The molecular formula is C14H14FN5. The second-order valence-electron chi connectivity index (χ2n) is 4.59. The zero-order valence-corrected chi connectivity index (χ0v) is 10.9. The van der Waals surface area contributed by atoms with E-state index in [1.807, 2.05) is 30.0 Å². The first-order valence-electron chi connectivity index (χ1n) is 6.21. The highest BCUT2D eigenvalue weighted by Crippen LogP contribution is 2.30. The lowest BCUT2D eigenvalue weighted by atomic mass is 10.0. The van der Waals surface area contributed by atoms with Gasteiger partial charge in [0.2, 0.25) is 5.95 Å². The second-order valence-corrected chi connectivity index (χ2v) is 4.59. The molecule has 0 bridgehead atoms. The van der Waals surface area contributed by atoms with Crippen molar-refractivity contribution in [1.82, 2.24) is 15.2 Å². The van der Waals surface area contributed by atoms with E-state index in [1.54, 1.807) is 12.3 Å². The Balaban J connectivity index is 2.10. The Morgan fingerprint density at radius 2 is 2.15 bits per heavy atom. The summed E-state index contributed by atoms with van der Waals surface area (Å²) in [5, 5.41) is 6.84. The molecule has 3 heterocycles. The van der Waals surface area contributed by atoms with Crippen molar-refractivity contribution in [2.24, 2.45) is 5.73 Å². The molecule has 3 N–H and O–H groups in total. The first-order valence-corrected chi connectivity index (χ1v) is 6.21. The van der Waals surface area contributed by atoms with E-state index in [-0.39, 0.29) is 6.17 Å². The van der Waals surface area contributed by atoms with Crippen LogP contribution in [0.2, 0.25) is 0 Å². The standard InChI is InChI=1S/C14H14FN5/c1-9-2-3-11(10-4-6-17-12(15)8-10)20(14(9)16)13-5-7-18-19-13/h2-8,14H,16H2,1H3,(H,18,19). The SMILES string of the molecule is CC1=CC=C(c2ccnc(F)c2)N(c2ccn[nH]2)C1N. The summed E-state index contributed by atoms with van der Waals surface area (Å²) in [6.07, 6.45) is 6.61. The highest BCUT2D eigenvalue weighted by atomic mass is 19.1. The molecule has 0 saturated carbocycles. The van der Waals surface area contributed by atoms with Crippen molar-refractivity contribution in [3.63, 3.8) is 0 Å². The number of H-pyrrole nitrogens is 1. The van der Waals surface area contributed by atoms with Gasteiger partial charge in [0.05, 0.1) is 11.9 Å². The summed E-state index contributed by atoms with van der Waals surface area (Å²) in [5.41, 5.74) is 8.76. The van der Waals surface area contributed by atoms with Gasteiger partial charge in [-0.1, -0.05) is 6.08 Å². The highest BCUT2D eigenvalue weighted by Gasteiger charge is 2.25. The van der Waals surface area contributed by atoms with E-state index >= 15 is 0 Å². The smallest absolute Gasteiger partial charge is 0.213 e. The fourth-order valence-electron chi connectivity index (χ4n) is 2.20. The quantitative estimate of drug-likeness (QED) is 0.820. The molecular weight excluding hydrogens is 257 g/mol. The van der Waals surface area contributed by atoms with E-state index in [0.717, 1.165) is 17.1 Å². The number of nitrogens with one attached hydrogen (secondary N) is 1. The Morgan fingerprint density at radius 1 is 1.30 bits per heavy atom. The minimum Gasteiger partial charge on any atom is -0.307 e. The van der Waals surface area contributed by atoms with Gasteiger partial charge in [-0.15, -0.1) is 0 Å². The van der Waals surface area contributed by atoms with Gasteiger partial charge in [0.25, 0.3) is 0 Å². The maximum Gasteiger partial charge on any atom is 0.213 e. The maximum absolute atomic E-state index is 13.3. The molecule has 0 radical (unpaired) electrons. The number of aromatic nitrogens is 3. The van der Waals surface area contributed by atoms with Crippen LogP contribution in [0.1, 0.15) is 12.5 Å². The fraction of sp³-hybridized carbons (Fsp3) is 0.143. The Hall–Kier alpha value is -2.47. The highest BCUT2D eigenvalue weighted by molar-refractivity contribution is 5.81. The van der Waals surface area contributed by atoms with Gasteiger partial charge in [-0.05, 0) is 24.6 Å². The number of nitrogens with zero attached hydrogens (tertiary/aromatic N) is 3. The molecule has 0 saturated heterocycles. The predicted octanol–water partition coefficient (Wildman–Crippen LogP) is 2.04. The maximum atomic E-state index is 13.3. The van der Waals surface area contributed by atoms with Gasteiger partial charge >= 0.3 is 0 Å². The van der Waals surface area contributed by atoms with Crippen LogP contribution < -0.4 is 10.6 Å². The zero-order chi connectivity index (χ0) is 14.1. The molecule has 1 aliphatic rings. The summed E-state index contributed by atoms with van der Waals surface area (Å²) in [4.78, 5) is 5.46. The average molecular weight is 271 g/mol. The van der Waals surface area contributed by atoms with Crippen molar-refractivity contribution in [3.05, 3.63) is 59.8 Å². The fourth-order valence-corrected chi connectivity index (χ4v) is 2.20. The Bertz CT molecular complexity index is 675. The van der Waals surface area contributed by atoms with Crippen LogP contribution in [0.25, 0.3) is 5.70 Å². The molecule has 1 atom stereocenters. The minimum absolute atomic E-state index is 0.327.